The molecule has 0 atom stereocenters. The fourth-order valence-corrected chi connectivity index (χ4v) is 2.42. The van der Waals surface area contributed by atoms with E-state index in [2.05, 4.69) is 4.74 Å². The molecule has 0 aliphatic carbocycles. The van der Waals surface area contributed by atoms with Crippen LogP contribution in [0.5, 0.6) is 0 Å². The summed E-state index contributed by atoms with van der Waals surface area (Å²) in [4.78, 5) is 11.3. The summed E-state index contributed by atoms with van der Waals surface area (Å²) in [6.45, 7) is 0. The Balaban J connectivity index is 2.64. The van der Waals surface area contributed by atoms with Crippen LogP contribution in [-0.2, 0) is 4.74 Å². The molecule has 0 aliphatic rings. The fourth-order valence-electron chi connectivity index (χ4n) is 1.27. The number of fused-ring (bicyclic) bond motifs is 1. The third-order valence-electron chi connectivity index (χ3n) is 1.93. The smallest absolute Gasteiger partial charge is 0.337 e. The van der Waals surface area contributed by atoms with E-state index in [9.17, 15) is 4.79 Å². The monoisotopic (exact) mass is 226 g/mol. The molecule has 0 amide bonds. The molecule has 1 aromatic heterocycles. The number of esters is 1. The zero-order valence-electron chi connectivity index (χ0n) is 7.41. The maximum Gasteiger partial charge on any atom is 0.337 e. The number of hydrogen-bond acceptors (Lipinski definition) is 3. The van der Waals surface area contributed by atoms with Gasteiger partial charge in [-0.1, -0.05) is 11.6 Å². The normalized spacial score (nSPS) is 10.4. The highest BCUT2D eigenvalue weighted by atomic mass is 35.5. The van der Waals surface area contributed by atoms with E-state index in [1.165, 1.54) is 7.11 Å². The van der Waals surface area contributed by atoms with Gasteiger partial charge in [-0.05, 0) is 29.0 Å². The molecule has 2 rings (SSSR count). The van der Waals surface area contributed by atoms with Gasteiger partial charge in [0.1, 0.15) is 0 Å². The molecule has 0 saturated heterocycles. The molecule has 0 spiro atoms. The maximum atomic E-state index is 11.3. The van der Waals surface area contributed by atoms with Crippen LogP contribution in [0.15, 0.2) is 23.6 Å². The molecule has 14 heavy (non-hydrogen) atoms. The summed E-state index contributed by atoms with van der Waals surface area (Å²) in [6.07, 6.45) is 0. The van der Waals surface area contributed by atoms with Crippen LogP contribution in [0, 0.1) is 0 Å². The van der Waals surface area contributed by atoms with Gasteiger partial charge in [0.05, 0.1) is 22.4 Å². The number of rotatable bonds is 1. The topological polar surface area (TPSA) is 26.3 Å². The zero-order valence-corrected chi connectivity index (χ0v) is 8.98. The molecule has 0 radical (unpaired) electrons. The lowest BCUT2D eigenvalue weighted by Gasteiger charge is -2.00. The van der Waals surface area contributed by atoms with Crippen molar-refractivity contribution in [2.45, 2.75) is 0 Å². The quantitative estimate of drug-likeness (QED) is 0.698. The minimum Gasteiger partial charge on any atom is -0.465 e. The van der Waals surface area contributed by atoms with Gasteiger partial charge in [-0.25, -0.2) is 4.79 Å². The second-order valence-electron chi connectivity index (χ2n) is 2.79. The van der Waals surface area contributed by atoms with Crippen LogP contribution in [0.4, 0.5) is 0 Å². The first-order chi connectivity index (χ1) is 6.72. The average molecular weight is 227 g/mol. The highest BCUT2D eigenvalue weighted by molar-refractivity contribution is 7.17. The van der Waals surface area contributed by atoms with Crippen LogP contribution < -0.4 is 0 Å². The number of benzene rings is 1. The van der Waals surface area contributed by atoms with Crippen molar-refractivity contribution in [2.75, 3.05) is 7.11 Å². The van der Waals surface area contributed by atoms with E-state index in [0.29, 0.717) is 10.6 Å². The molecule has 72 valence electrons. The van der Waals surface area contributed by atoms with Crippen LogP contribution >= 0.6 is 22.9 Å². The average Bonchev–Trinajstić information content (AvgIpc) is 2.64. The number of thiophene rings is 1. The Morgan fingerprint density at radius 2 is 2.29 bits per heavy atom. The number of carbonyl (C=O) groups is 1. The summed E-state index contributed by atoms with van der Waals surface area (Å²) in [6, 6.07) is 5.34. The van der Waals surface area contributed by atoms with Gasteiger partial charge in [-0.2, -0.15) is 0 Å². The fraction of sp³-hybridized carbons (Fsp3) is 0.100. The summed E-state index contributed by atoms with van der Waals surface area (Å²) in [5, 5.41) is 3.51. The summed E-state index contributed by atoms with van der Waals surface area (Å²) in [7, 11) is 1.36. The Morgan fingerprint density at radius 3 is 3.00 bits per heavy atom. The van der Waals surface area contributed by atoms with E-state index in [-0.39, 0.29) is 5.97 Å². The Kier molecular flexibility index (Phi) is 2.44. The molecule has 1 heterocycles. The molecule has 0 fully saturated rings. The first-order valence-electron chi connectivity index (χ1n) is 3.97. The van der Waals surface area contributed by atoms with Crippen molar-refractivity contribution >= 4 is 39.0 Å². The highest BCUT2D eigenvalue weighted by Gasteiger charge is 2.09. The van der Waals surface area contributed by atoms with Crippen molar-refractivity contribution in [1.29, 1.82) is 0 Å². The molecular formula is C10H7ClO2S. The van der Waals surface area contributed by atoms with Crippen molar-refractivity contribution < 1.29 is 9.53 Å². The van der Waals surface area contributed by atoms with Crippen LogP contribution in [0.25, 0.3) is 10.1 Å². The van der Waals surface area contributed by atoms with Crippen LogP contribution in [0.2, 0.25) is 5.02 Å². The first-order valence-corrected chi connectivity index (χ1v) is 5.23. The lowest BCUT2D eigenvalue weighted by molar-refractivity contribution is 0.0601. The molecule has 2 nitrogen and oxygen atoms in total. The number of methoxy groups -OCH3 is 1. The zero-order chi connectivity index (χ0) is 10.1. The minimum atomic E-state index is -0.361. The largest absolute Gasteiger partial charge is 0.465 e. The number of hydrogen-bond donors (Lipinski definition) is 0. The van der Waals surface area contributed by atoms with Crippen molar-refractivity contribution in [2.24, 2.45) is 0 Å². The predicted molar refractivity (Wildman–Crippen MR) is 58.2 cm³/mol. The van der Waals surface area contributed by atoms with Gasteiger partial charge in [-0.3, -0.25) is 0 Å². The highest BCUT2D eigenvalue weighted by Crippen LogP contribution is 2.30. The summed E-state index contributed by atoms with van der Waals surface area (Å²) >= 11 is 7.57. The third kappa shape index (κ3) is 1.49. The molecule has 4 heteroatoms. The van der Waals surface area contributed by atoms with Crippen molar-refractivity contribution in [3.05, 3.63) is 34.2 Å². The Morgan fingerprint density at radius 1 is 1.50 bits per heavy atom. The summed E-state index contributed by atoms with van der Waals surface area (Å²) in [5.41, 5.74) is 0.489. The number of halogens is 1. The van der Waals surface area contributed by atoms with Gasteiger partial charge in [-0.15, -0.1) is 11.3 Å². The van der Waals surface area contributed by atoms with Crippen molar-refractivity contribution in [1.82, 2.24) is 0 Å². The van der Waals surface area contributed by atoms with E-state index in [1.807, 2.05) is 11.4 Å². The van der Waals surface area contributed by atoms with E-state index in [1.54, 1.807) is 23.5 Å². The van der Waals surface area contributed by atoms with E-state index < -0.39 is 0 Å². The molecule has 0 saturated carbocycles. The van der Waals surface area contributed by atoms with Gasteiger partial charge in [0, 0.05) is 0 Å². The van der Waals surface area contributed by atoms with Crippen LogP contribution in [0.3, 0.4) is 0 Å². The Hall–Kier alpha value is -1.06. The number of ether oxygens (including phenoxy) is 1. The first kappa shape index (κ1) is 9.49. The lowest BCUT2D eigenvalue weighted by Crippen LogP contribution is -2.00. The second-order valence-corrected chi connectivity index (χ2v) is 4.11. The van der Waals surface area contributed by atoms with Crippen molar-refractivity contribution in [3.63, 3.8) is 0 Å². The molecular weight excluding hydrogens is 220 g/mol. The molecule has 0 aliphatic heterocycles. The minimum absolute atomic E-state index is 0.361. The summed E-state index contributed by atoms with van der Waals surface area (Å²) in [5.74, 6) is -0.361. The van der Waals surface area contributed by atoms with E-state index in [4.69, 9.17) is 11.6 Å². The van der Waals surface area contributed by atoms with Gasteiger partial charge < -0.3 is 4.74 Å². The second kappa shape index (κ2) is 3.59. The lowest BCUT2D eigenvalue weighted by atomic mass is 10.2. The number of carbonyl (C=O) groups excluding carboxylic acids is 1. The van der Waals surface area contributed by atoms with E-state index >= 15 is 0 Å². The molecule has 0 bridgehead atoms. The molecule has 0 unspecified atom stereocenters. The molecule has 2 aromatic rings. The molecule has 1 aromatic carbocycles. The van der Waals surface area contributed by atoms with Gasteiger partial charge >= 0.3 is 5.97 Å². The van der Waals surface area contributed by atoms with Gasteiger partial charge in [0.2, 0.25) is 0 Å². The van der Waals surface area contributed by atoms with E-state index in [0.717, 1.165) is 10.1 Å². The maximum absolute atomic E-state index is 11.3. The third-order valence-corrected chi connectivity index (χ3v) is 3.30. The summed E-state index contributed by atoms with van der Waals surface area (Å²) < 4.78 is 5.62. The van der Waals surface area contributed by atoms with Crippen molar-refractivity contribution in [3.8, 4) is 0 Å². The Labute approximate surface area is 90.1 Å². The SMILES string of the molecule is COC(=O)c1cc(Cl)c2sccc2c1. The van der Waals surface area contributed by atoms with Crippen LogP contribution in [0.1, 0.15) is 10.4 Å². The Bertz CT molecular complexity index is 490. The molecule has 0 N–H and O–H groups in total. The standard InChI is InChI=1S/C10H7ClO2S/c1-13-10(12)7-4-6-2-3-14-9(6)8(11)5-7/h2-5H,1H3. The van der Waals surface area contributed by atoms with Gasteiger partial charge in [0.25, 0.3) is 0 Å². The van der Waals surface area contributed by atoms with Crippen LogP contribution in [-0.4, -0.2) is 13.1 Å². The van der Waals surface area contributed by atoms with Gasteiger partial charge in [0.15, 0.2) is 0 Å². The predicted octanol–water partition coefficient (Wildman–Crippen LogP) is 3.34.